The van der Waals surface area contributed by atoms with E-state index in [0.29, 0.717) is 6.04 Å². The summed E-state index contributed by atoms with van der Waals surface area (Å²) in [7, 11) is 0. The molecule has 2 N–H and O–H groups in total. The molecule has 0 bridgehead atoms. The van der Waals surface area contributed by atoms with Crippen molar-refractivity contribution >= 4 is 0 Å². The highest BCUT2D eigenvalue weighted by Gasteiger charge is 2.23. The lowest BCUT2D eigenvalue weighted by molar-refractivity contribution is 0.327. The quantitative estimate of drug-likeness (QED) is 0.750. The largest absolute Gasteiger partial charge is 0.314 e. The molecule has 0 spiro atoms. The molecule has 1 aliphatic heterocycles. The van der Waals surface area contributed by atoms with Crippen LogP contribution in [-0.2, 0) is 0 Å². The minimum absolute atomic E-state index is 0.672. The Morgan fingerprint density at radius 1 is 1.12 bits per heavy atom. The summed E-state index contributed by atoms with van der Waals surface area (Å²) >= 11 is 0. The normalized spacial score (nSPS) is 30.8. The highest BCUT2D eigenvalue weighted by molar-refractivity contribution is 4.83. The zero-order valence-corrected chi connectivity index (χ0v) is 11.0. The first-order valence-corrected chi connectivity index (χ1v) is 7.25. The maximum Gasteiger partial charge on any atom is 0.00822 e. The van der Waals surface area contributed by atoms with Crippen molar-refractivity contribution < 1.29 is 0 Å². The molecule has 1 saturated heterocycles. The smallest absolute Gasteiger partial charge is 0.00822 e. The Labute approximate surface area is 101 Å². The molecule has 3 atom stereocenters. The fraction of sp³-hybridized carbons (Fsp3) is 1.00. The summed E-state index contributed by atoms with van der Waals surface area (Å²) in [5, 5.41) is 7.40. The van der Waals surface area contributed by atoms with Crippen LogP contribution in [0.5, 0.6) is 0 Å². The van der Waals surface area contributed by atoms with Crippen molar-refractivity contribution in [3.05, 3.63) is 0 Å². The van der Waals surface area contributed by atoms with Gasteiger partial charge in [-0.25, -0.2) is 0 Å². The van der Waals surface area contributed by atoms with Crippen molar-refractivity contribution in [2.45, 2.75) is 76.9 Å². The number of hydrogen-bond donors (Lipinski definition) is 2. The van der Waals surface area contributed by atoms with E-state index in [1.54, 1.807) is 0 Å². The standard InChI is InChI=1S/C14H28N2/c1-11(10-14-8-5-9-15-14)16-12(2)13-6-3-4-7-13/h11-16H,3-10H2,1-2H3/t11?,12-,14?/m1/s1. The van der Waals surface area contributed by atoms with E-state index in [9.17, 15) is 0 Å². The number of nitrogens with one attached hydrogen (secondary N) is 2. The Morgan fingerprint density at radius 3 is 2.50 bits per heavy atom. The van der Waals surface area contributed by atoms with Crippen molar-refractivity contribution in [3.8, 4) is 0 Å². The van der Waals surface area contributed by atoms with Crippen LogP contribution in [0.2, 0.25) is 0 Å². The SMILES string of the molecule is CC(CC1CCCN1)N[C@H](C)C1CCCC1. The van der Waals surface area contributed by atoms with Crippen LogP contribution >= 0.6 is 0 Å². The van der Waals surface area contributed by atoms with Crippen LogP contribution in [0.3, 0.4) is 0 Å². The lowest BCUT2D eigenvalue weighted by Gasteiger charge is -2.26. The molecule has 2 unspecified atom stereocenters. The molecule has 0 aromatic carbocycles. The van der Waals surface area contributed by atoms with Gasteiger partial charge in [0.2, 0.25) is 0 Å². The van der Waals surface area contributed by atoms with Crippen LogP contribution in [0.4, 0.5) is 0 Å². The van der Waals surface area contributed by atoms with E-state index >= 15 is 0 Å². The highest BCUT2D eigenvalue weighted by atomic mass is 15.0. The summed E-state index contributed by atoms with van der Waals surface area (Å²) in [4.78, 5) is 0. The second-order valence-electron chi connectivity index (χ2n) is 5.93. The average molecular weight is 224 g/mol. The van der Waals surface area contributed by atoms with Gasteiger partial charge in [-0.1, -0.05) is 12.8 Å². The van der Waals surface area contributed by atoms with Crippen LogP contribution in [-0.4, -0.2) is 24.7 Å². The van der Waals surface area contributed by atoms with E-state index in [1.807, 2.05) is 0 Å². The molecule has 1 aliphatic carbocycles. The van der Waals surface area contributed by atoms with Gasteiger partial charge in [0.1, 0.15) is 0 Å². The molecular weight excluding hydrogens is 196 g/mol. The van der Waals surface area contributed by atoms with Crippen LogP contribution in [0.15, 0.2) is 0 Å². The topological polar surface area (TPSA) is 24.1 Å². The Balaban J connectivity index is 1.66. The zero-order chi connectivity index (χ0) is 11.4. The first-order chi connectivity index (χ1) is 7.75. The van der Waals surface area contributed by atoms with Crippen molar-refractivity contribution in [1.82, 2.24) is 10.6 Å². The van der Waals surface area contributed by atoms with Crippen LogP contribution in [0, 0.1) is 5.92 Å². The van der Waals surface area contributed by atoms with Gasteiger partial charge in [-0.05, 0) is 58.4 Å². The third-order valence-corrected chi connectivity index (χ3v) is 4.45. The van der Waals surface area contributed by atoms with Gasteiger partial charge in [0.05, 0.1) is 0 Å². The first kappa shape index (κ1) is 12.4. The minimum atomic E-state index is 0.672. The molecule has 2 fully saturated rings. The van der Waals surface area contributed by atoms with E-state index in [2.05, 4.69) is 24.5 Å². The van der Waals surface area contributed by atoms with Gasteiger partial charge in [-0.15, -0.1) is 0 Å². The lowest BCUT2D eigenvalue weighted by Crippen LogP contribution is -2.41. The summed E-state index contributed by atoms with van der Waals surface area (Å²) in [5.41, 5.74) is 0. The Morgan fingerprint density at radius 2 is 1.88 bits per heavy atom. The molecule has 2 heteroatoms. The molecule has 94 valence electrons. The first-order valence-electron chi connectivity index (χ1n) is 7.25. The molecular formula is C14H28N2. The molecule has 0 aromatic rings. The lowest BCUT2D eigenvalue weighted by atomic mass is 9.98. The van der Waals surface area contributed by atoms with Crippen molar-refractivity contribution in [2.24, 2.45) is 5.92 Å². The van der Waals surface area contributed by atoms with E-state index in [-0.39, 0.29) is 0 Å². The van der Waals surface area contributed by atoms with Crippen LogP contribution < -0.4 is 10.6 Å². The summed E-state index contributed by atoms with van der Waals surface area (Å²) in [6, 6.07) is 2.17. The molecule has 2 aliphatic rings. The summed E-state index contributed by atoms with van der Waals surface area (Å²) in [5.74, 6) is 0.944. The second-order valence-corrected chi connectivity index (χ2v) is 5.93. The maximum atomic E-state index is 3.81. The third-order valence-electron chi connectivity index (χ3n) is 4.45. The molecule has 0 aromatic heterocycles. The summed E-state index contributed by atoms with van der Waals surface area (Å²) in [6.45, 7) is 5.97. The van der Waals surface area contributed by atoms with Gasteiger partial charge in [0.25, 0.3) is 0 Å². The monoisotopic (exact) mass is 224 g/mol. The van der Waals surface area contributed by atoms with E-state index in [4.69, 9.17) is 0 Å². The molecule has 16 heavy (non-hydrogen) atoms. The fourth-order valence-corrected chi connectivity index (χ4v) is 3.49. The predicted octanol–water partition coefficient (Wildman–Crippen LogP) is 2.69. The molecule has 0 radical (unpaired) electrons. The highest BCUT2D eigenvalue weighted by Crippen LogP contribution is 2.27. The Kier molecular flexibility index (Phi) is 4.66. The van der Waals surface area contributed by atoms with E-state index in [1.165, 1.54) is 51.5 Å². The van der Waals surface area contributed by atoms with Gasteiger partial charge in [-0.2, -0.15) is 0 Å². The molecule has 0 amide bonds. The van der Waals surface area contributed by atoms with Crippen LogP contribution in [0.25, 0.3) is 0 Å². The van der Waals surface area contributed by atoms with Crippen molar-refractivity contribution in [1.29, 1.82) is 0 Å². The molecule has 1 saturated carbocycles. The van der Waals surface area contributed by atoms with Gasteiger partial charge in [0, 0.05) is 18.1 Å². The number of hydrogen-bond acceptors (Lipinski definition) is 2. The maximum absolute atomic E-state index is 3.81. The number of rotatable bonds is 5. The minimum Gasteiger partial charge on any atom is -0.314 e. The molecule has 2 nitrogen and oxygen atoms in total. The van der Waals surface area contributed by atoms with Crippen LogP contribution in [0.1, 0.15) is 58.8 Å². The van der Waals surface area contributed by atoms with Gasteiger partial charge < -0.3 is 10.6 Å². The van der Waals surface area contributed by atoms with Gasteiger partial charge in [-0.3, -0.25) is 0 Å². The van der Waals surface area contributed by atoms with E-state index < -0.39 is 0 Å². The summed E-state index contributed by atoms with van der Waals surface area (Å²) < 4.78 is 0. The van der Waals surface area contributed by atoms with Crippen molar-refractivity contribution in [3.63, 3.8) is 0 Å². The van der Waals surface area contributed by atoms with Gasteiger partial charge in [0.15, 0.2) is 0 Å². The Hall–Kier alpha value is -0.0800. The Bertz CT molecular complexity index is 193. The predicted molar refractivity (Wildman–Crippen MR) is 69.7 cm³/mol. The molecule has 2 rings (SSSR count). The third kappa shape index (κ3) is 3.46. The summed E-state index contributed by atoms with van der Waals surface area (Å²) in [6.07, 6.45) is 9.85. The van der Waals surface area contributed by atoms with E-state index in [0.717, 1.165) is 18.0 Å². The zero-order valence-electron chi connectivity index (χ0n) is 11.0. The second kappa shape index (κ2) is 6.02. The fourth-order valence-electron chi connectivity index (χ4n) is 3.49. The van der Waals surface area contributed by atoms with Gasteiger partial charge >= 0.3 is 0 Å². The average Bonchev–Trinajstić information content (AvgIpc) is 2.88. The van der Waals surface area contributed by atoms with Crippen molar-refractivity contribution in [2.75, 3.05) is 6.54 Å². The molecule has 1 heterocycles.